The summed E-state index contributed by atoms with van der Waals surface area (Å²) in [6.07, 6.45) is 4.82. The van der Waals surface area contributed by atoms with Gasteiger partial charge in [0, 0.05) is 12.6 Å². The molecule has 0 amide bonds. The van der Waals surface area contributed by atoms with Crippen molar-refractivity contribution in [1.82, 2.24) is 4.98 Å². The highest BCUT2D eigenvalue weighted by molar-refractivity contribution is 6.33. The van der Waals surface area contributed by atoms with Gasteiger partial charge in [0.25, 0.3) is 5.69 Å². The van der Waals surface area contributed by atoms with Crippen LogP contribution in [0.4, 0.5) is 11.5 Å². The van der Waals surface area contributed by atoms with E-state index >= 15 is 0 Å². The molecule has 2 aromatic rings. The van der Waals surface area contributed by atoms with E-state index in [1.165, 1.54) is 12.3 Å². The Bertz CT molecular complexity index is 630. The topological polar surface area (TPSA) is 72.4 Å². The number of nitro groups is 1. The second kappa shape index (κ2) is 5.13. The summed E-state index contributed by atoms with van der Waals surface area (Å²) in [6.45, 7) is 0.801. The number of furan rings is 1. The number of hydrogen-bond acceptors (Lipinski definition) is 5. The summed E-state index contributed by atoms with van der Waals surface area (Å²) in [4.78, 5) is 16.4. The highest BCUT2D eigenvalue weighted by Gasteiger charge is 2.30. The van der Waals surface area contributed by atoms with E-state index in [1.54, 1.807) is 6.26 Å². The van der Waals surface area contributed by atoms with Crippen molar-refractivity contribution in [2.24, 2.45) is 0 Å². The van der Waals surface area contributed by atoms with Gasteiger partial charge in [0.1, 0.15) is 17.8 Å². The Kier molecular flexibility index (Phi) is 3.31. The molecule has 1 unspecified atom stereocenters. The fourth-order valence-corrected chi connectivity index (χ4v) is 2.80. The van der Waals surface area contributed by atoms with E-state index in [-0.39, 0.29) is 16.8 Å². The number of pyridine rings is 1. The average Bonchev–Trinajstić information content (AvgIpc) is 3.09. The number of aromatic nitrogens is 1. The Hall–Kier alpha value is -2.08. The minimum absolute atomic E-state index is 0.0801. The lowest BCUT2D eigenvalue weighted by atomic mass is 10.1. The number of halogens is 1. The van der Waals surface area contributed by atoms with Crippen LogP contribution in [0.5, 0.6) is 0 Å². The van der Waals surface area contributed by atoms with Gasteiger partial charge in [-0.15, -0.1) is 0 Å². The van der Waals surface area contributed by atoms with Crippen LogP contribution in [-0.2, 0) is 0 Å². The van der Waals surface area contributed by atoms with Crippen LogP contribution in [0.25, 0.3) is 0 Å². The predicted molar refractivity (Wildman–Crippen MR) is 73.9 cm³/mol. The Morgan fingerprint density at radius 1 is 1.55 bits per heavy atom. The fourth-order valence-electron chi connectivity index (χ4n) is 2.53. The molecular formula is C13H12ClN3O3. The predicted octanol–water partition coefficient (Wildman–Crippen LogP) is 3.58. The number of anilines is 1. The monoisotopic (exact) mass is 293 g/mol. The molecule has 1 aliphatic heterocycles. The first-order valence-electron chi connectivity index (χ1n) is 6.27. The van der Waals surface area contributed by atoms with Crippen molar-refractivity contribution in [2.45, 2.75) is 18.9 Å². The van der Waals surface area contributed by atoms with Crippen molar-refractivity contribution >= 4 is 23.1 Å². The van der Waals surface area contributed by atoms with Crippen LogP contribution in [0.1, 0.15) is 24.6 Å². The second-order valence-electron chi connectivity index (χ2n) is 4.62. The van der Waals surface area contributed by atoms with E-state index in [1.807, 2.05) is 17.0 Å². The Balaban J connectivity index is 1.94. The SMILES string of the molecule is O=[N+]([O-])c1cnc(N2CCCC2c2ccco2)c(Cl)c1. The van der Waals surface area contributed by atoms with Gasteiger partial charge in [-0.3, -0.25) is 10.1 Å². The van der Waals surface area contributed by atoms with Crippen LogP contribution >= 0.6 is 11.6 Å². The Morgan fingerprint density at radius 3 is 3.05 bits per heavy atom. The van der Waals surface area contributed by atoms with Gasteiger partial charge in [-0.1, -0.05) is 11.6 Å². The summed E-state index contributed by atoms with van der Waals surface area (Å²) < 4.78 is 5.45. The van der Waals surface area contributed by atoms with E-state index in [9.17, 15) is 10.1 Å². The standard InChI is InChI=1S/C13H12ClN3O3/c14-10-7-9(17(18)19)8-15-13(10)16-5-1-3-11(16)12-4-2-6-20-12/h2,4,6-8,11H,1,3,5H2. The van der Waals surface area contributed by atoms with Gasteiger partial charge in [-0.25, -0.2) is 4.98 Å². The molecule has 2 aromatic heterocycles. The zero-order valence-corrected chi connectivity index (χ0v) is 11.3. The minimum atomic E-state index is -0.503. The minimum Gasteiger partial charge on any atom is -0.467 e. The maximum atomic E-state index is 10.7. The van der Waals surface area contributed by atoms with Crippen LogP contribution in [0, 0.1) is 10.1 Å². The molecule has 6 nitrogen and oxygen atoms in total. The molecular weight excluding hydrogens is 282 g/mol. The molecule has 0 aliphatic carbocycles. The van der Waals surface area contributed by atoms with Gasteiger partial charge in [0.05, 0.1) is 22.3 Å². The molecule has 3 rings (SSSR count). The van der Waals surface area contributed by atoms with Gasteiger partial charge >= 0.3 is 0 Å². The van der Waals surface area contributed by atoms with Crippen molar-refractivity contribution in [1.29, 1.82) is 0 Å². The van der Waals surface area contributed by atoms with Gasteiger partial charge < -0.3 is 9.32 Å². The van der Waals surface area contributed by atoms with Gasteiger partial charge in [0.15, 0.2) is 0 Å². The lowest BCUT2D eigenvalue weighted by Crippen LogP contribution is -2.23. The normalized spacial score (nSPS) is 18.4. The summed E-state index contributed by atoms with van der Waals surface area (Å²) in [5.74, 6) is 1.43. The van der Waals surface area contributed by atoms with E-state index in [4.69, 9.17) is 16.0 Å². The van der Waals surface area contributed by atoms with Crippen molar-refractivity contribution in [3.8, 4) is 0 Å². The number of hydrogen-bond donors (Lipinski definition) is 0. The van der Waals surface area contributed by atoms with E-state index in [0.29, 0.717) is 5.82 Å². The number of rotatable bonds is 3. The van der Waals surface area contributed by atoms with Crippen LogP contribution in [-0.4, -0.2) is 16.5 Å². The van der Waals surface area contributed by atoms with Crippen LogP contribution < -0.4 is 4.90 Å². The quantitative estimate of drug-likeness (QED) is 0.639. The van der Waals surface area contributed by atoms with Crippen LogP contribution in [0.15, 0.2) is 35.1 Å². The molecule has 7 heteroatoms. The zero-order valence-electron chi connectivity index (χ0n) is 10.5. The first kappa shape index (κ1) is 12.9. The first-order valence-corrected chi connectivity index (χ1v) is 6.64. The fraction of sp³-hybridized carbons (Fsp3) is 0.308. The summed E-state index contributed by atoms with van der Waals surface area (Å²) >= 11 is 6.14. The molecule has 1 atom stereocenters. The molecule has 0 saturated carbocycles. The lowest BCUT2D eigenvalue weighted by Gasteiger charge is -2.24. The van der Waals surface area contributed by atoms with Gasteiger partial charge in [-0.2, -0.15) is 0 Å². The zero-order chi connectivity index (χ0) is 14.1. The molecule has 1 aliphatic rings. The van der Waals surface area contributed by atoms with E-state index in [2.05, 4.69) is 4.98 Å². The summed E-state index contributed by atoms with van der Waals surface area (Å²) in [5, 5.41) is 11.0. The average molecular weight is 294 g/mol. The van der Waals surface area contributed by atoms with Crippen molar-refractivity contribution in [3.05, 3.63) is 51.6 Å². The maximum absolute atomic E-state index is 10.7. The first-order chi connectivity index (χ1) is 9.66. The third kappa shape index (κ3) is 2.22. The van der Waals surface area contributed by atoms with E-state index in [0.717, 1.165) is 25.1 Å². The molecule has 1 fully saturated rings. The molecule has 104 valence electrons. The van der Waals surface area contributed by atoms with Gasteiger partial charge in [0.2, 0.25) is 0 Å². The largest absolute Gasteiger partial charge is 0.467 e. The Morgan fingerprint density at radius 2 is 2.40 bits per heavy atom. The summed E-state index contributed by atoms with van der Waals surface area (Å²) in [5.41, 5.74) is -0.104. The third-order valence-corrected chi connectivity index (χ3v) is 3.69. The number of nitrogens with zero attached hydrogens (tertiary/aromatic N) is 3. The Labute approximate surface area is 120 Å². The summed E-state index contributed by atoms with van der Waals surface area (Å²) in [6, 6.07) is 5.18. The molecule has 0 radical (unpaired) electrons. The molecule has 1 saturated heterocycles. The molecule has 0 bridgehead atoms. The van der Waals surface area contributed by atoms with Crippen molar-refractivity contribution < 1.29 is 9.34 Å². The van der Waals surface area contributed by atoms with Crippen LogP contribution in [0.3, 0.4) is 0 Å². The van der Waals surface area contributed by atoms with Crippen molar-refractivity contribution in [2.75, 3.05) is 11.4 Å². The highest BCUT2D eigenvalue weighted by atomic mass is 35.5. The smallest absolute Gasteiger partial charge is 0.289 e. The van der Waals surface area contributed by atoms with Crippen molar-refractivity contribution in [3.63, 3.8) is 0 Å². The summed E-state index contributed by atoms with van der Waals surface area (Å²) in [7, 11) is 0. The molecule has 0 spiro atoms. The lowest BCUT2D eigenvalue weighted by molar-refractivity contribution is -0.385. The maximum Gasteiger partial charge on any atom is 0.289 e. The van der Waals surface area contributed by atoms with Gasteiger partial charge in [-0.05, 0) is 25.0 Å². The third-order valence-electron chi connectivity index (χ3n) is 3.41. The van der Waals surface area contributed by atoms with E-state index < -0.39 is 4.92 Å². The highest BCUT2D eigenvalue weighted by Crippen LogP contribution is 2.39. The molecule has 3 heterocycles. The molecule has 0 N–H and O–H groups in total. The second-order valence-corrected chi connectivity index (χ2v) is 5.03. The molecule has 20 heavy (non-hydrogen) atoms. The molecule has 0 aromatic carbocycles. The van der Waals surface area contributed by atoms with Crippen LogP contribution in [0.2, 0.25) is 5.02 Å².